The van der Waals surface area contributed by atoms with Crippen molar-refractivity contribution >= 4 is 5.97 Å². The minimum absolute atomic E-state index is 0.372. The average Bonchev–Trinajstić information content (AvgIpc) is 2.37. The summed E-state index contributed by atoms with van der Waals surface area (Å²) in [7, 11) is 1.33. The Balaban J connectivity index is 2.77. The lowest BCUT2D eigenvalue weighted by molar-refractivity contribution is 0.0600. The van der Waals surface area contributed by atoms with E-state index in [-0.39, 0.29) is 5.97 Å². The van der Waals surface area contributed by atoms with Crippen molar-refractivity contribution in [1.82, 2.24) is 0 Å². The molecule has 1 aromatic rings. The van der Waals surface area contributed by atoms with Crippen LogP contribution in [0.2, 0.25) is 0 Å². The lowest BCUT2D eigenvalue weighted by atomic mass is 10.4. The largest absolute Gasteiger partial charge is 0.472 e. The molecule has 0 aliphatic heterocycles. The van der Waals surface area contributed by atoms with Gasteiger partial charge in [-0.05, 0) is 6.07 Å². The summed E-state index contributed by atoms with van der Waals surface area (Å²) in [6, 6.07) is 1.55. The second kappa shape index (κ2) is 2.35. The smallest absolute Gasteiger partial charge is 0.341 e. The van der Waals surface area contributed by atoms with Crippen LogP contribution < -0.4 is 0 Å². The van der Waals surface area contributed by atoms with E-state index < -0.39 is 0 Å². The van der Waals surface area contributed by atoms with Crippen LogP contribution in [0.15, 0.2) is 23.0 Å². The van der Waals surface area contributed by atoms with Gasteiger partial charge in [0.1, 0.15) is 6.26 Å². The third-order valence-electron chi connectivity index (χ3n) is 0.942. The molecule has 0 aromatic carbocycles. The van der Waals surface area contributed by atoms with Crippen LogP contribution in [0, 0.1) is 0 Å². The van der Waals surface area contributed by atoms with Gasteiger partial charge in [-0.15, -0.1) is 0 Å². The summed E-state index contributed by atoms with van der Waals surface area (Å²) in [4.78, 5) is 10.6. The fourth-order valence-corrected chi connectivity index (χ4v) is 0.498. The summed E-state index contributed by atoms with van der Waals surface area (Å²) >= 11 is 0. The van der Waals surface area contributed by atoms with E-state index in [1.165, 1.54) is 19.6 Å². The SMILES string of the molecule is COC(=O)c1ccoc1. The molecule has 0 unspecified atom stereocenters. The molecule has 3 heteroatoms. The first-order chi connectivity index (χ1) is 4.34. The molecule has 0 spiro atoms. The zero-order valence-corrected chi connectivity index (χ0v) is 4.96. The van der Waals surface area contributed by atoms with E-state index in [0.29, 0.717) is 5.56 Å². The monoisotopic (exact) mass is 126 g/mol. The number of carbonyl (C=O) groups is 1. The van der Waals surface area contributed by atoms with E-state index in [2.05, 4.69) is 9.15 Å². The molecule has 9 heavy (non-hydrogen) atoms. The first-order valence-corrected chi connectivity index (χ1v) is 2.45. The number of hydrogen-bond donors (Lipinski definition) is 0. The number of hydrogen-bond acceptors (Lipinski definition) is 3. The summed E-state index contributed by atoms with van der Waals surface area (Å²) in [5.41, 5.74) is 0.442. The predicted octanol–water partition coefficient (Wildman–Crippen LogP) is 1.07. The topological polar surface area (TPSA) is 39.4 Å². The Labute approximate surface area is 52.2 Å². The Kier molecular flexibility index (Phi) is 1.53. The molecule has 1 aromatic heterocycles. The van der Waals surface area contributed by atoms with Crippen LogP contribution in [0.3, 0.4) is 0 Å². The Hall–Kier alpha value is -1.25. The normalized spacial score (nSPS) is 9.00. The van der Waals surface area contributed by atoms with E-state index in [0.717, 1.165) is 0 Å². The number of ether oxygens (including phenoxy) is 1. The van der Waals surface area contributed by atoms with Gasteiger partial charge in [0.2, 0.25) is 0 Å². The maximum absolute atomic E-state index is 10.6. The van der Waals surface area contributed by atoms with E-state index in [9.17, 15) is 4.79 Å². The zero-order chi connectivity index (χ0) is 6.69. The van der Waals surface area contributed by atoms with Gasteiger partial charge >= 0.3 is 5.97 Å². The van der Waals surface area contributed by atoms with Crippen molar-refractivity contribution in [3.05, 3.63) is 24.2 Å². The highest BCUT2D eigenvalue weighted by Gasteiger charge is 2.03. The minimum Gasteiger partial charge on any atom is -0.472 e. The van der Waals surface area contributed by atoms with Crippen LogP contribution in [0.4, 0.5) is 0 Å². The molecule has 0 aliphatic carbocycles. The van der Waals surface area contributed by atoms with Gasteiger partial charge in [-0.1, -0.05) is 0 Å². The number of esters is 1. The van der Waals surface area contributed by atoms with Crippen LogP contribution in [-0.2, 0) is 4.74 Å². The third kappa shape index (κ3) is 1.10. The van der Waals surface area contributed by atoms with Gasteiger partial charge in [0.05, 0.1) is 18.9 Å². The van der Waals surface area contributed by atoms with Crippen molar-refractivity contribution < 1.29 is 13.9 Å². The summed E-state index contributed by atoms with van der Waals surface area (Å²) < 4.78 is 9.03. The molecule has 48 valence electrons. The van der Waals surface area contributed by atoms with E-state index >= 15 is 0 Å². The summed E-state index contributed by atoms with van der Waals surface area (Å²) in [5.74, 6) is -0.372. The van der Waals surface area contributed by atoms with Crippen molar-refractivity contribution in [3.8, 4) is 0 Å². The van der Waals surface area contributed by atoms with Gasteiger partial charge in [-0.3, -0.25) is 0 Å². The minimum atomic E-state index is -0.372. The lowest BCUT2D eigenvalue weighted by Crippen LogP contribution is -1.97. The van der Waals surface area contributed by atoms with Crippen molar-refractivity contribution in [2.75, 3.05) is 7.11 Å². The zero-order valence-electron chi connectivity index (χ0n) is 4.96. The fourth-order valence-electron chi connectivity index (χ4n) is 0.498. The summed E-state index contributed by atoms with van der Waals surface area (Å²) in [5, 5.41) is 0. The van der Waals surface area contributed by atoms with Crippen molar-refractivity contribution in [2.45, 2.75) is 0 Å². The first kappa shape index (κ1) is 5.88. The molecule has 0 radical (unpaired) electrons. The van der Waals surface area contributed by atoms with Crippen molar-refractivity contribution in [3.63, 3.8) is 0 Å². The lowest BCUT2D eigenvalue weighted by Gasteiger charge is -1.89. The van der Waals surface area contributed by atoms with E-state index in [4.69, 9.17) is 0 Å². The maximum atomic E-state index is 10.6. The van der Waals surface area contributed by atoms with Crippen LogP contribution in [0.25, 0.3) is 0 Å². The Bertz CT molecular complexity index is 188. The molecule has 0 N–H and O–H groups in total. The van der Waals surface area contributed by atoms with Crippen LogP contribution >= 0.6 is 0 Å². The quantitative estimate of drug-likeness (QED) is 0.528. The van der Waals surface area contributed by atoms with Crippen molar-refractivity contribution in [2.24, 2.45) is 0 Å². The highest BCUT2D eigenvalue weighted by molar-refractivity contribution is 5.88. The van der Waals surface area contributed by atoms with Gasteiger partial charge in [0.15, 0.2) is 0 Å². The van der Waals surface area contributed by atoms with Crippen molar-refractivity contribution in [1.29, 1.82) is 0 Å². The highest BCUT2D eigenvalue weighted by atomic mass is 16.5. The number of carbonyl (C=O) groups excluding carboxylic acids is 1. The van der Waals surface area contributed by atoms with E-state index in [1.54, 1.807) is 6.07 Å². The molecule has 0 saturated heterocycles. The first-order valence-electron chi connectivity index (χ1n) is 2.45. The van der Waals surface area contributed by atoms with Gasteiger partial charge in [-0.2, -0.15) is 0 Å². The molecule has 0 aliphatic rings. The number of furan rings is 1. The molecule has 0 saturated carbocycles. The molecule has 0 fully saturated rings. The molecular weight excluding hydrogens is 120 g/mol. The molecule has 1 rings (SSSR count). The standard InChI is InChI=1S/C6H6O3/c1-8-6(7)5-2-3-9-4-5/h2-4H,1H3. The molecule has 1 heterocycles. The maximum Gasteiger partial charge on any atom is 0.341 e. The Morgan fingerprint density at radius 2 is 2.56 bits per heavy atom. The second-order valence-corrected chi connectivity index (χ2v) is 1.50. The molecule has 0 atom stereocenters. The average molecular weight is 126 g/mol. The second-order valence-electron chi connectivity index (χ2n) is 1.50. The Morgan fingerprint density at radius 1 is 1.78 bits per heavy atom. The van der Waals surface area contributed by atoms with Crippen LogP contribution in [0.5, 0.6) is 0 Å². The van der Waals surface area contributed by atoms with Crippen LogP contribution in [0.1, 0.15) is 10.4 Å². The highest BCUT2D eigenvalue weighted by Crippen LogP contribution is 2.00. The third-order valence-corrected chi connectivity index (χ3v) is 0.942. The van der Waals surface area contributed by atoms with Crippen LogP contribution in [-0.4, -0.2) is 13.1 Å². The van der Waals surface area contributed by atoms with Gasteiger partial charge < -0.3 is 9.15 Å². The predicted molar refractivity (Wildman–Crippen MR) is 30.0 cm³/mol. The van der Waals surface area contributed by atoms with Gasteiger partial charge in [0, 0.05) is 0 Å². The fraction of sp³-hybridized carbons (Fsp3) is 0.167. The molecule has 0 amide bonds. The molecule has 0 bridgehead atoms. The van der Waals surface area contributed by atoms with Gasteiger partial charge in [0.25, 0.3) is 0 Å². The molecular formula is C6H6O3. The number of methoxy groups -OCH3 is 1. The van der Waals surface area contributed by atoms with Gasteiger partial charge in [-0.25, -0.2) is 4.79 Å². The van der Waals surface area contributed by atoms with E-state index in [1.807, 2.05) is 0 Å². The number of rotatable bonds is 1. The summed E-state index contributed by atoms with van der Waals surface area (Å²) in [6.07, 6.45) is 2.76. The Morgan fingerprint density at radius 3 is 3.00 bits per heavy atom. The summed E-state index contributed by atoms with van der Waals surface area (Å²) in [6.45, 7) is 0. The molecule has 3 nitrogen and oxygen atoms in total.